The van der Waals surface area contributed by atoms with E-state index in [1.54, 1.807) is 45.0 Å². The van der Waals surface area contributed by atoms with Crippen LogP contribution in [0.15, 0.2) is 35.1 Å². The van der Waals surface area contributed by atoms with E-state index in [1.165, 1.54) is 0 Å². The summed E-state index contributed by atoms with van der Waals surface area (Å²) in [6.07, 6.45) is 0. The molecule has 6 heteroatoms. The molecule has 0 saturated heterocycles. The monoisotopic (exact) mass is 314 g/mol. The summed E-state index contributed by atoms with van der Waals surface area (Å²) in [6.45, 7) is 7.01. The summed E-state index contributed by atoms with van der Waals surface area (Å²) in [5.74, 6) is -1.72. The average Bonchev–Trinajstić information content (AvgIpc) is 2.46. The van der Waals surface area contributed by atoms with Crippen LogP contribution in [0.3, 0.4) is 0 Å². The second-order valence-electron chi connectivity index (χ2n) is 6.38. The summed E-state index contributed by atoms with van der Waals surface area (Å²) in [4.78, 5) is 36.1. The van der Waals surface area contributed by atoms with Gasteiger partial charge >= 0.3 is 5.97 Å². The van der Waals surface area contributed by atoms with E-state index in [1.807, 2.05) is 6.92 Å². The molecule has 0 saturated carbocycles. The van der Waals surface area contributed by atoms with Crippen molar-refractivity contribution in [2.45, 2.75) is 27.7 Å². The molecule has 0 aliphatic rings. The van der Waals surface area contributed by atoms with E-state index < -0.39 is 22.5 Å². The molecule has 0 amide bonds. The van der Waals surface area contributed by atoms with Crippen LogP contribution in [-0.4, -0.2) is 26.6 Å². The van der Waals surface area contributed by atoms with E-state index in [-0.39, 0.29) is 11.5 Å². The third-order valence-electron chi connectivity index (χ3n) is 3.33. The van der Waals surface area contributed by atoms with Crippen molar-refractivity contribution in [3.8, 4) is 5.69 Å². The zero-order chi connectivity index (χ0) is 17.4. The quantitative estimate of drug-likeness (QED) is 0.879. The van der Waals surface area contributed by atoms with Crippen molar-refractivity contribution >= 4 is 11.8 Å². The molecular formula is C17H18N2O4. The number of Topliss-reactive ketones (excluding diaryl/α,β-unsaturated/α-hetero) is 1. The number of carbonyl (C=O) groups excluding carboxylic acids is 1. The van der Waals surface area contributed by atoms with Gasteiger partial charge in [0.05, 0.1) is 5.69 Å². The molecule has 1 aromatic carbocycles. The summed E-state index contributed by atoms with van der Waals surface area (Å²) >= 11 is 0. The third-order valence-corrected chi connectivity index (χ3v) is 3.33. The lowest BCUT2D eigenvalue weighted by Crippen LogP contribution is -2.31. The van der Waals surface area contributed by atoms with Gasteiger partial charge in [0, 0.05) is 5.41 Å². The Labute approximate surface area is 133 Å². The smallest absolute Gasteiger partial charge is 0.341 e. The molecule has 1 aromatic heterocycles. The van der Waals surface area contributed by atoms with Gasteiger partial charge in [0.15, 0.2) is 5.78 Å². The van der Waals surface area contributed by atoms with Gasteiger partial charge < -0.3 is 5.11 Å². The van der Waals surface area contributed by atoms with Crippen molar-refractivity contribution in [2.75, 3.05) is 0 Å². The van der Waals surface area contributed by atoms with E-state index in [9.17, 15) is 19.5 Å². The Morgan fingerprint density at radius 1 is 1.13 bits per heavy atom. The normalized spacial score (nSPS) is 11.3. The first-order valence-corrected chi connectivity index (χ1v) is 7.11. The molecule has 1 N–H and O–H groups in total. The summed E-state index contributed by atoms with van der Waals surface area (Å²) < 4.78 is 0.960. The predicted octanol–water partition coefficient (Wildman–Crippen LogP) is 2.47. The van der Waals surface area contributed by atoms with Gasteiger partial charge in [-0.2, -0.15) is 9.78 Å². The minimum absolute atomic E-state index is 0.0462. The third kappa shape index (κ3) is 3.36. The van der Waals surface area contributed by atoms with Crippen molar-refractivity contribution in [3.05, 3.63) is 57.5 Å². The lowest BCUT2D eigenvalue weighted by Gasteiger charge is -2.17. The Hall–Kier alpha value is -2.76. The number of aromatic nitrogens is 2. The molecular weight excluding hydrogens is 296 g/mol. The van der Waals surface area contributed by atoms with Gasteiger partial charge in [-0.25, -0.2) is 4.79 Å². The first kappa shape index (κ1) is 16.6. The van der Waals surface area contributed by atoms with Crippen LogP contribution in [0, 0.1) is 12.3 Å². The molecule has 6 nitrogen and oxygen atoms in total. The first-order valence-electron chi connectivity index (χ1n) is 7.11. The Morgan fingerprint density at radius 3 is 2.17 bits per heavy atom. The van der Waals surface area contributed by atoms with Crippen molar-refractivity contribution in [2.24, 2.45) is 5.41 Å². The van der Waals surface area contributed by atoms with Crippen LogP contribution in [-0.2, 0) is 0 Å². The van der Waals surface area contributed by atoms with E-state index in [0.717, 1.165) is 16.3 Å². The van der Waals surface area contributed by atoms with Crippen LogP contribution in [0.1, 0.15) is 47.2 Å². The second kappa shape index (κ2) is 5.79. The summed E-state index contributed by atoms with van der Waals surface area (Å²) in [6, 6.07) is 7.91. The van der Waals surface area contributed by atoms with Gasteiger partial charge in [-0.1, -0.05) is 38.5 Å². The number of carboxylic acids is 1. The van der Waals surface area contributed by atoms with Gasteiger partial charge in [-0.05, 0) is 25.1 Å². The number of hydrogen-bond donors (Lipinski definition) is 1. The van der Waals surface area contributed by atoms with Crippen LogP contribution < -0.4 is 5.56 Å². The Kier molecular flexibility index (Phi) is 4.18. The lowest BCUT2D eigenvalue weighted by molar-refractivity contribution is 0.0694. The largest absolute Gasteiger partial charge is 0.477 e. The maximum Gasteiger partial charge on any atom is 0.341 e. The second-order valence-corrected chi connectivity index (χ2v) is 6.38. The van der Waals surface area contributed by atoms with Crippen molar-refractivity contribution < 1.29 is 14.7 Å². The topological polar surface area (TPSA) is 89.3 Å². The molecule has 0 aliphatic heterocycles. The number of hydrogen-bond acceptors (Lipinski definition) is 4. The highest BCUT2D eigenvalue weighted by Gasteiger charge is 2.27. The van der Waals surface area contributed by atoms with E-state index in [0.29, 0.717) is 5.69 Å². The number of carboxylic acid groups (broad SMARTS) is 1. The number of ketones is 1. The van der Waals surface area contributed by atoms with E-state index >= 15 is 0 Å². The number of benzene rings is 1. The SMILES string of the molecule is Cc1ccc(-n2nc(C(=O)C(C)(C)C)cc(C(=O)O)c2=O)cc1. The van der Waals surface area contributed by atoms with Crippen molar-refractivity contribution in [3.63, 3.8) is 0 Å². The maximum absolute atomic E-state index is 12.4. The van der Waals surface area contributed by atoms with Crippen LogP contribution in [0.2, 0.25) is 0 Å². The molecule has 1 heterocycles. The average molecular weight is 314 g/mol. The number of aryl methyl sites for hydroxylation is 1. The highest BCUT2D eigenvalue weighted by Crippen LogP contribution is 2.20. The lowest BCUT2D eigenvalue weighted by atomic mass is 9.88. The summed E-state index contributed by atoms with van der Waals surface area (Å²) in [5, 5.41) is 13.3. The molecule has 0 atom stereocenters. The Balaban J connectivity index is 2.73. The zero-order valence-corrected chi connectivity index (χ0v) is 13.5. The van der Waals surface area contributed by atoms with Crippen LogP contribution in [0.4, 0.5) is 0 Å². The molecule has 2 aromatic rings. The summed E-state index contributed by atoms with van der Waals surface area (Å²) in [7, 11) is 0. The molecule has 0 aliphatic carbocycles. The van der Waals surface area contributed by atoms with Crippen molar-refractivity contribution in [1.82, 2.24) is 9.78 Å². The van der Waals surface area contributed by atoms with Crippen LogP contribution in [0.25, 0.3) is 5.69 Å². The number of nitrogens with zero attached hydrogens (tertiary/aromatic N) is 2. The highest BCUT2D eigenvalue weighted by molar-refractivity contribution is 5.99. The first-order chi connectivity index (χ1) is 10.6. The zero-order valence-electron chi connectivity index (χ0n) is 13.5. The maximum atomic E-state index is 12.4. The van der Waals surface area contributed by atoms with Crippen molar-refractivity contribution in [1.29, 1.82) is 0 Å². The van der Waals surface area contributed by atoms with Gasteiger partial charge in [-0.3, -0.25) is 9.59 Å². The minimum Gasteiger partial charge on any atom is -0.477 e. The molecule has 0 fully saturated rings. The fourth-order valence-electron chi connectivity index (χ4n) is 2.00. The predicted molar refractivity (Wildman–Crippen MR) is 85.3 cm³/mol. The highest BCUT2D eigenvalue weighted by atomic mass is 16.4. The molecule has 0 unspecified atom stereocenters. The molecule has 0 spiro atoms. The molecule has 23 heavy (non-hydrogen) atoms. The fraction of sp³-hybridized carbons (Fsp3) is 0.294. The van der Waals surface area contributed by atoms with Crippen LogP contribution in [0.5, 0.6) is 0 Å². The Bertz CT molecular complexity index is 827. The Morgan fingerprint density at radius 2 is 1.70 bits per heavy atom. The molecule has 120 valence electrons. The van der Waals surface area contributed by atoms with Gasteiger partial charge in [0.25, 0.3) is 5.56 Å². The standard InChI is InChI=1S/C17H18N2O4/c1-10-5-7-11(8-6-10)19-15(21)12(16(22)23)9-13(18-19)14(20)17(2,3)4/h5-9H,1-4H3,(H,22,23). The minimum atomic E-state index is -1.39. The van der Waals surface area contributed by atoms with Gasteiger partial charge in [0.2, 0.25) is 0 Å². The molecule has 0 radical (unpaired) electrons. The van der Waals surface area contributed by atoms with Gasteiger partial charge in [0.1, 0.15) is 11.3 Å². The number of aromatic carboxylic acids is 1. The van der Waals surface area contributed by atoms with E-state index in [4.69, 9.17) is 0 Å². The molecule has 0 bridgehead atoms. The van der Waals surface area contributed by atoms with Crippen LogP contribution >= 0.6 is 0 Å². The van der Waals surface area contributed by atoms with Gasteiger partial charge in [-0.15, -0.1) is 0 Å². The number of rotatable bonds is 3. The van der Waals surface area contributed by atoms with E-state index in [2.05, 4.69) is 5.10 Å². The fourth-order valence-corrected chi connectivity index (χ4v) is 2.00. The summed E-state index contributed by atoms with van der Waals surface area (Å²) in [5.41, 5.74) is -0.637. The molecule has 2 rings (SSSR count). The number of carbonyl (C=O) groups is 2.